The van der Waals surface area contributed by atoms with Crippen LogP contribution in [0.3, 0.4) is 0 Å². The third-order valence-electron chi connectivity index (χ3n) is 5.43. The predicted octanol–water partition coefficient (Wildman–Crippen LogP) is 3.05. The van der Waals surface area contributed by atoms with Gasteiger partial charge in [0.25, 0.3) is 0 Å². The average Bonchev–Trinajstić information content (AvgIpc) is 2.96. The molecule has 3 heteroatoms. The minimum absolute atomic E-state index is 0.397. The second-order valence-corrected chi connectivity index (χ2v) is 6.71. The van der Waals surface area contributed by atoms with E-state index in [1.165, 1.54) is 38.5 Å². The Morgan fingerprint density at radius 2 is 1.80 bits per heavy atom. The molecule has 118 valence electrons. The summed E-state index contributed by atoms with van der Waals surface area (Å²) in [5.41, 5.74) is 0.397. The molecule has 2 rings (SSSR count). The van der Waals surface area contributed by atoms with Crippen molar-refractivity contribution in [2.24, 2.45) is 5.92 Å². The zero-order chi connectivity index (χ0) is 14.4. The van der Waals surface area contributed by atoms with E-state index in [1.807, 2.05) is 0 Å². The molecule has 1 N–H and O–H groups in total. The molecule has 1 saturated carbocycles. The van der Waals surface area contributed by atoms with Crippen molar-refractivity contribution in [1.29, 1.82) is 0 Å². The highest BCUT2D eigenvalue weighted by atomic mass is 16.5. The maximum atomic E-state index is 5.59. The highest BCUT2D eigenvalue weighted by Crippen LogP contribution is 2.41. The summed E-state index contributed by atoms with van der Waals surface area (Å²) in [7, 11) is 0. The molecule has 2 atom stereocenters. The van der Waals surface area contributed by atoms with Gasteiger partial charge in [-0.15, -0.1) is 0 Å². The van der Waals surface area contributed by atoms with E-state index < -0.39 is 0 Å². The van der Waals surface area contributed by atoms with Crippen molar-refractivity contribution in [3.8, 4) is 0 Å². The lowest BCUT2D eigenvalue weighted by Crippen LogP contribution is -2.64. The molecule has 2 unspecified atom stereocenters. The van der Waals surface area contributed by atoms with Gasteiger partial charge in [0.05, 0.1) is 13.2 Å². The number of likely N-dealkylation sites (N-methyl/N-ethyl adjacent to an activating group) is 1. The zero-order valence-electron chi connectivity index (χ0n) is 13.8. The van der Waals surface area contributed by atoms with E-state index in [1.54, 1.807) is 0 Å². The van der Waals surface area contributed by atoms with Gasteiger partial charge in [0, 0.05) is 24.7 Å². The van der Waals surface area contributed by atoms with E-state index in [4.69, 9.17) is 4.74 Å². The van der Waals surface area contributed by atoms with Crippen molar-refractivity contribution in [3.05, 3.63) is 0 Å². The summed E-state index contributed by atoms with van der Waals surface area (Å²) in [5, 5.41) is 3.86. The lowest BCUT2D eigenvalue weighted by Gasteiger charge is -2.50. The Hall–Kier alpha value is -0.120. The molecule has 3 nitrogen and oxygen atoms in total. The molecule has 0 radical (unpaired) electrons. The first-order valence-corrected chi connectivity index (χ1v) is 8.80. The van der Waals surface area contributed by atoms with Gasteiger partial charge in [0.2, 0.25) is 0 Å². The van der Waals surface area contributed by atoms with E-state index in [-0.39, 0.29) is 0 Å². The highest BCUT2D eigenvalue weighted by molar-refractivity contribution is 5.05. The summed E-state index contributed by atoms with van der Waals surface area (Å²) in [4.78, 5) is 2.77. The van der Waals surface area contributed by atoms with E-state index in [0.717, 1.165) is 38.8 Å². The van der Waals surface area contributed by atoms with Crippen LogP contribution in [0.1, 0.15) is 59.3 Å². The second kappa shape index (κ2) is 7.77. The summed E-state index contributed by atoms with van der Waals surface area (Å²) >= 11 is 0. The van der Waals surface area contributed by atoms with E-state index in [9.17, 15) is 0 Å². The third kappa shape index (κ3) is 3.37. The summed E-state index contributed by atoms with van der Waals surface area (Å²) in [5.74, 6) is 0.765. The van der Waals surface area contributed by atoms with E-state index in [2.05, 4.69) is 31.0 Å². The Morgan fingerprint density at radius 3 is 2.35 bits per heavy atom. The number of ether oxygens (including phenoxy) is 1. The van der Waals surface area contributed by atoms with Gasteiger partial charge in [-0.05, 0) is 31.7 Å². The topological polar surface area (TPSA) is 24.5 Å². The van der Waals surface area contributed by atoms with Crippen molar-refractivity contribution >= 4 is 0 Å². The van der Waals surface area contributed by atoms with Gasteiger partial charge in [0.15, 0.2) is 0 Å². The van der Waals surface area contributed by atoms with Gasteiger partial charge in [0.1, 0.15) is 0 Å². The van der Waals surface area contributed by atoms with Crippen molar-refractivity contribution < 1.29 is 4.74 Å². The molecular formula is C17H34N2O. The normalized spacial score (nSPS) is 26.6. The smallest absolute Gasteiger partial charge is 0.0594 e. The maximum Gasteiger partial charge on any atom is 0.0594 e. The van der Waals surface area contributed by atoms with Gasteiger partial charge in [-0.3, -0.25) is 4.90 Å². The number of morpholine rings is 1. The summed E-state index contributed by atoms with van der Waals surface area (Å²) in [6.45, 7) is 12.2. The molecule has 2 aliphatic rings. The number of nitrogens with zero attached hydrogens (tertiary/aromatic N) is 1. The molecule has 0 bridgehead atoms. The fourth-order valence-electron chi connectivity index (χ4n) is 4.58. The van der Waals surface area contributed by atoms with Crippen LogP contribution in [-0.2, 0) is 4.74 Å². The second-order valence-electron chi connectivity index (χ2n) is 6.71. The minimum Gasteiger partial charge on any atom is -0.379 e. The Balaban J connectivity index is 2.18. The summed E-state index contributed by atoms with van der Waals surface area (Å²) in [6, 6.07) is 0.646. The van der Waals surface area contributed by atoms with E-state index >= 15 is 0 Å². The Bertz CT molecular complexity index is 270. The monoisotopic (exact) mass is 282 g/mol. The molecule has 1 saturated heterocycles. The fourth-order valence-corrected chi connectivity index (χ4v) is 4.58. The van der Waals surface area contributed by atoms with Gasteiger partial charge >= 0.3 is 0 Å². The minimum atomic E-state index is 0.397. The fraction of sp³-hybridized carbons (Fsp3) is 1.00. The predicted molar refractivity (Wildman–Crippen MR) is 85.1 cm³/mol. The number of nitrogens with one attached hydrogen (secondary N) is 1. The van der Waals surface area contributed by atoms with Crippen LogP contribution in [0.25, 0.3) is 0 Å². The molecule has 1 aliphatic heterocycles. The Kier molecular flexibility index (Phi) is 6.31. The maximum absolute atomic E-state index is 5.59. The molecule has 0 aromatic heterocycles. The van der Waals surface area contributed by atoms with E-state index in [0.29, 0.717) is 11.6 Å². The first-order chi connectivity index (χ1) is 9.74. The number of hydrogen-bond acceptors (Lipinski definition) is 3. The summed E-state index contributed by atoms with van der Waals surface area (Å²) < 4.78 is 5.59. The SMILES string of the molecule is CCCC(C)C(NCC)C1(N2CCOCC2)CCCC1. The van der Waals surface area contributed by atoms with Gasteiger partial charge in [-0.1, -0.05) is 40.0 Å². The molecule has 2 fully saturated rings. The third-order valence-corrected chi connectivity index (χ3v) is 5.43. The van der Waals surface area contributed by atoms with Gasteiger partial charge in [-0.2, -0.15) is 0 Å². The lowest BCUT2D eigenvalue weighted by atomic mass is 9.77. The molecule has 0 amide bonds. The molecule has 20 heavy (non-hydrogen) atoms. The molecule has 0 spiro atoms. The standard InChI is InChI=1S/C17H34N2O/c1-4-8-15(3)16(18-5-2)17(9-6-7-10-17)19-11-13-20-14-12-19/h15-16,18H,4-14H2,1-3H3. The van der Waals surface area contributed by atoms with Crippen molar-refractivity contribution in [2.45, 2.75) is 70.9 Å². The molecule has 1 heterocycles. The van der Waals surface area contributed by atoms with Crippen molar-refractivity contribution in [2.75, 3.05) is 32.8 Å². The first-order valence-electron chi connectivity index (χ1n) is 8.80. The van der Waals surface area contributed by atoms with Gasteiger partial charge in [-0.25, -0.2) is 0 Å². The molecular weight excluding hydrogens is 248 g/mol. The van der Waals surface area contributed by atoms with Crippen LogP contribution in [0.4, 0.5) is 0 Å². The highest BCUT2D eigenvalue weighted by Gasteiger charge is 2.47. The van der Waals surface area contributed by atoms with Crippen molar-refractivity contribution in [3.63, 3.8) is 0 Å². The van der Waals surface area contributed by atoms with Crippen LogP contribution >= 0.6 is 0 Å². The van der Waals surface area contributed by atoms with Crippen LogP contribution in [0.15, 0.2) is 0 Å². The lowest BCUT2D eigenvalue weighted by molar-refractivity contribution is -0.0439. The zero-order valence-corrected chi connectivity index (χ0v) is 13.8. The number of rotatable bonds is 7. The quantitative estimate of drug-likeness (QED) is 0.777. The average molecular weight is 282 g/mol. The number of hydrogen-bond donors (Lipinski definition) is 1. The van der Waals surface area contributed by atoms with Crippen molar-refractivity contribution in [1.82, 2.24) is 10.2 Å². The largest absolute Gasteiger partial charge is 0.379 e. The van der Waals surface area contributed by atoms with Crippen LogP contribution in [-0.4, -0.2) is 49.3 Å². The van der Waals surface area contributed by atoms with Crippen LogP contribution in [0, 0.1) is 5.92 Å². The molecule has 0 aromatic rings. The first kappa shape index (κ1) is 16.3. The van der Waals surface area contributed by atoms with Crippen LogP contribution in [0.5, 0.6) is 0 Å². The van der Waals surface area contributed by atoms with Gasteiger partial charge < -0.3 is 10.1 Å². The molecule has 0 aromatic carbocycles. The summed E-state index contributed by atoms with van der Waals surface area (Å²) in [6.07, 6.45) is 8.18. The Morgan fingerprint density at radius 1 is 1.15 bits per heavy atom. The molecule has 1 aliphatic carbocycles. The van der Waals surface area contributed by atoms with Crippen LogP contribution in [0.2, 0.25) is 0 Å². The van der Waals surface area contributed by atoms with Crippen LogP contribution < -0.4 is 5.32 Å². The Labute approximate surface area is 125 Å².